The Hall–Kier alpha value is -4.14. The van der Waals surface area contributed by atoms with Crippen LogP contribution in [0.2, 0.25) is 0 Å². The first-order valence-corrected chi connectivity index (χ1v) is 19.8. The Balaban J connectivity index is 1.26. The second-order valence-corrected chi connectivity index (χ2v) is 17.7. The third-order valence-corrected chi connectivity index (χ3v) is 12.7. The van der Waals surface area contributed by atoms with Crippen LogP contribution >= 0.6 is 0 Å². The number of carbonyl (C=O) groups is 5. The monoisotopic (exact) mass is 742 g/mol. The number of fused-ring (bicyclic) bond motifs is 3. The van der Waals surface area contributed by atoms with E-state index in [1.807, 2.05) is 37.3 Å². The summed E-state index contributed by atoms with van der Waals surface area (Å²) < 4.78 is 45.0. The van der Waals surface area contributed by atoms with Crippen molar-refractivity contribution in [3.63, 3.8) is 0 Å². The lowest BCUT2D eigenvalue weighted by Crippen LogP contribution is -2.57. The van der Waals surface area contributed by atoms with Crippen molar-refractivity contribution < 1.29 is 46.6 Å². The van der Waals surface area contributed by atoms with Gasteiger partial charge in [0.1, 0.15) is 24.5 Å². The average Bonchev–Trinajstić information content (AvgIpc) is 3.97. The van der Waals surface area contributed by atoms with Crippen LogP contribution in [0, 0.1) is 16.7 Å². The number of benzene rings is 1. The summed E-state index contributed by atoms with van der Waals surface area (Å²) in [7, 11) is -3.84. The molecule has 1 unspecified atom stereocenters. The third kappa shape index (κ3) is 8.08. The van der Waals surface area contributed by atoms with E-state index < -0.39 is 74.1 Å². The number of rotatable bonds is 7. The average molecular weight is 743 g/mol. The number of hydrogen-bond acceptors (Lipinski definition) is 10. The molecule has 15 heteroatoms. The molecule has 2 saturated carbocycles. The number of ether oxygens (including phenoxy) is 3. The number of hydrogen-bond donors (Lipinski definition) is 2. The van der Waals surface area contributed by atoms with E-state index in [2.05, 4.69) is 10.0 Å². The molecule has 0 aromatic heterocycles. The molecule has 3 heterocycles. The topological polar surface area (TPSA) is 178 Å². The Kier molecular flexibility index (Phi) is 10.6. The van der Waals surface area contributed by atoms with Crippen LogP contribution in [0.15, 0.2) is 30.4 Å². The molecule has 1 aromatic carbocycles. The van der Waals surface area contributed by atoms with Crippen LogP contribution in [-0.4, -0.2) is 91.2 Å². The van der Waals surface area contributed by atoms with Gasteiger partial charge in [0, 0.05) is 24.9 Å². The van der Waals surface area contributed by atoms with Crippen LogP contribution in [0.5, 0.6) is 5.75 Å². The number of nitrogens with zero attached hydrogens (tertiary/aromatic N) is 2. The summed E-state index contributed by atoms with van der Waals surface area (Å²) in [5, 5.41) is 2.10. The minimum atomic E-state index is -3.84. The molecule has 3 aliphatic heterocycles. The van der Waals surface area contributed by atoms with E-state index in [1.54, 1.807) is 25.7 Å². The Morgan fingerprint density at radius 3 is 2.54 bits per heavy atom. The third-order valence-electron chi connectivity index (χ3n) is 10.9. The fourth-order valence-electron chi connectivity index (χ4n) is 7.58. The quantitative estimate of drug-likeness (QED) is 0.389. The van der Waals surface area contributed by atoms with Crippen molar-refractivity contribution in [3.05, 3.63) is 41.5 Å². The highest BCUT2D eigenvalue weighted by Crippen LogP contribution is 2.58. The first kappa shape index (κ1) is 37.6. The van der Waals surface area contributed by atoms with E-state index in [-0.39, 0.29) is 38.5 Å². The molecule has 2 aliphatic carbocycles. The van der Waals surface area contributed by atoms with Crippen LogP contribution in [0.3, 0.4) is 0 Å². The van der Waals surface area contributed by atoms with Gasteiger partial charge in [-0.1, -0.05) is 58.4 Å². The van der Waals surface area contributed by atoms with Gasteiger partial charge in [0.2, 0.25) is 21.8 Å². The molecule has 0 spiro atoms. The second kappa shape index (κ2) is 14.7. The van der Waals surface area contributed by atoms with Crippen LogP contribution in [0.1, 0.15) is 90.2 Å². The zero-order valence-electron chi connectivity index (χ0n) is 30.4. The van der Waals surface area contributed by atoms with E-state index >= 15 is 0 Å². The SMILES string of the molecule is CC[C@H]1C[C@@]1(CC(=O)C1C[C@@H]2CN1C(=O)[C@H](C(C)(C)C)NC(=O)OCCC/C=C/COc1cccc3c1CN(C3)C(=O)O2)C(=O)NS(=O)(=O)C1CC1. The number of allylic oxidation sites excluding steroid dienone is 1. The predicted molar refractivity (Wildman–Crippen MR) is 188 cm³/mol. The summed E-state index contributed by atoms with van der Waals surface area (Å²) in [5.41, 5.74) is -0.220. The maximum atomic E-state index is 14.4. The van der Waals surface area contributed by atoms with Gasteiger partial charge in [-0.05, 0) is 55.1 Å². The molecular formula is C37H50N4O10S. The van der Waals surface area contributed by atoms with Gasteiger partial charge < -0.3 is 24.4 Å². The second-order valence-electron chi connectivity index (χ2n) is 15.8. The van der Waals surface area contributed by atoms with E-state index in [9.17, 15) is 32.4 Å². The van der Waals surface area contributed by atoms with Crippen molar-refractivity contribution in [2.45, 2.75) is 116 Å². The zero-order valence-corrected chi connectivity index (χ0v) is 31.2. The summed E-state index contributed by atoms with van der Waals surface area (Å²) >= 11 is 0. The van der Waals surface area contributed by atoms with Crippen molar-refractivity contribution >= 4 is 39.8 Å². The lowest BCUT2D eigenvalue weighted by atomic mass is 9.85. The van der Waals surface area contributed by atoms with Crippen molar-refractivity contribution in [2.75, 3.05) is 19.8 Å². The van der Waals surface area contributed by atoms with Crippen molar-refractivity contribution in [1.29, 1.82) is 0 Å². The standard InChI is InChI=1S/C37H50N4O10S/c1-5-24-18-37(24,33(44)39-52(47,48)26-13-14-26)19-29(42)28-17-25-21-41(28)32(43)31(36(2,3)4)38-34(45)50-16-9-7-6-8-15-49-30-12-10-11-23-20-40(22-27(23)30)35(46)51-25/h6,8,10-12,24-26,28,31H,5,7,9,13-22H2,1-4H3,(H,38,45)(H,39,44)/b8-6+/t24-,25+,28?,31+,37-/m0/s1. The number of sulfonamides is 1. The highest BCUT2D eigenvalue weighted by atomic mass is 32.2. The highest BCUT2D eigenvalue weighted by Gasteiger charge is 2.62. The molecule has 284 valence electrons. The summed E-state index contributed by atoms with van der Waals surface area (Å²) in [4.78, 5) is 71.7. The molecule has 1 aromatic rings. The van der Waals surface area contributed by atoms with E-state index in [0.717, 1.165) is 11.1 Å². The van der Waals surface area contributed by atoms with E-state index in [0.29, 0.717) is 57.4 Å². The lowest BCUT2D eigenvalue weighted by Gasteiger charge is -2.35. The predicted octanol–water partition coefficient (Wildman–Crippen LogP) is 3.96. The molecule has 3 fully saturated rings. The Labute approximate surface area is 305 Å². The molecule has 14 nitrogen and oxygen atoms in total. The maximum Gasteiger partial charge on any atom is 0.410 e. The van der Waals surface area contributed by atoms with E-state index in [1.165, 1.54) is 4.90 Å². The first-order chi connectivity index (χ1) is 24.6. The van der Waals surface area contributed by atoms with Crippen molar-refractivity contribution in [3.8, 4) is 5.75 Å². The molecule has 1 saturated heterocycles. The zero-order chi connectivity index (χ0) is 37.4. The molecule has 52 heavy (non-hydrogen) atoms. The fourth-order valence-corrected chi connectivity index (χ4v) is 8.96. The fraction of sp³-hybridized carbons (Fsp3) is 0.649. The van der Waals surface area contributed by atoms with Gasteiger partial charge in [-0.25, -0.2) is 18.0 Å². The lowest BCUT2D eigenvalue weighted by molar-refractivity contribution is -0.142. The number of carbonyl (C=O) groups excluding carboxylic acids is 5. The highest BCUT2D eigenvalue weighted by molar-refractivity contribution is 7.90. The van der Waals surface area contributed by atoms with Crippen molar-refractivity contribution in [1.82, 2.24) is 19.8 Å². The largest absolute Gasteiger partial charge is 0.489 e. The molecule has 5 aliphatic rings. The number of cyclic esters (lactones) is 1. The molecule has 2 N–H and O–H groups in total. The van der Waals surface area contributed by atoms with Gasteiger partial charge in [-0.3, -0.25) is 24.0 Å². The summed E-state index contributed by atoms with van der Waals surface area (Å²) in [5.74, 6) is -1.22. The molecular weight excluding hydrogens is 692 g/mol. The summed E-state index contributed by atoms with van der Waals surface area (Å²) in [6.45, 7) is 8.12. The van der Waals surface area contributed by atoms with Crippen LogP contribution in [0.4, 0.5) is 9.59 Å². The molecule has 6 rings (SSSR count). The van der Waals surface area contributed by atoms with Crippen molar-refractivity contribution in [2.24, 2.45) is 16.7 Å². The summed E-state index contributed by atoms with van der Waals surface area (Å²) in [6, 6.07) is 3.46. The van der Waals surface area contributed by atoms with Crippen LogP contribution in [0.25, 0.3) is 0 Å². The van der Waals surface area contributed by atoms with E-state index in [4.69, 9.17) is 14.2 Å². The minimum absolute atomic E-state index is 0.0199. The number of ketones is 1. The van der Waals surface area contributed by atoms with Gasteiger partial charge in [0.15, 0.2) is 5.78 Å². The number of amides is 4. The minimum Gasteiger partial charge on any atom is -0.489 e. The van der Waals surface area contributed by atoms with Gasteiger partial charge in [-0.15, -0.1) is 0 Å². The molecule has 0 radical (unpaired) electrons. The summed E-state index contributed by atoms with van der Waals surface area (Å²) in [6.07, 6.45) is 4.33. The molecule has 4 amide bonds. The number of Topliss-reactive ketones (excluding diaryl/α,β-unsaturated/α-hetero) is 1. The first-order valence-electron chi connectivity index (χ1n) is 18.3. The smallest absolute Gasteiger partial charge is 0.410 e. The van der Waals surface area contributed by atoms with Gasteiger partial charge in [-0.2, -0.15) is 0 Å². The Morgan fingerprint density at radius 2 is 1.85 bits per heavy atom. The maximum absolute atomic E-state index is 14.4. The van der Waals surface area contributed by atoms with Crippen LogP contribution in [-0.2, 0) is 47.0 Å². The van der Waals surface area contributed by atoms with Gasteiger partial charge >= 0.3 is 12.2 Å². The molecule has 5 atom stereocenters. The number of nitrogens with one attached hydrogen (secondary N) is 2. The Bertz CT molecular complexity index is 1740. The van der Waals surface area contributed by atoms with Gasteiger partial charge in [0.25, 0.3) is 0 Å². The Morgan fingerprint density at radius 1 is 1.08 bits per heavy atom. The molecule has 4 bridgehead atoms. The number of alkyl carbamates (subject to hydrolysis) is 1. The van der Waals surface area contributed by atoms with Crippen LogP contribution < -0.4 is 14.8 Å². The normalized spacial score (nSPS) is 29.2. The van der Waals surface area contributed by atoms with Gasteiger partial charge in [0.05, 0.1) is 36.4 Å².